The number of carbonyl (C=O) groups excluding carboxylic acids is 1. The van der Waals surface area contributed by atoms with Crippen molar-refractivity contribution >= 4 is 5.78 Å². The molecule has 0 unspecified atom stereocenters. The van der Waals surface area contributed by atoms with Gasteiger partial charge in [0.1, 0.15) is 0 Å². The van der Waals surface area contributed by atoms with Crippen molar-refractivity contribution in [1.29, 1.82) is 0 Å². The number of rotatable bonds is 3. The van der Waals surface area contributed by atoms with E-state index in [-0.39, 0.29) is 17.4 Å². The molecule has 1 aromatic heterocycles. The van der Waals surface area contributed by atoms with Gasteiger partial charge in [0.15, 0.2) is 5.69 Å². The molecule has 2 rings (SSSR count). The molecular formula is C15H16N2O2. The summed E-state index contributed by atoms with van der Waals surface area (Å²) in [6.45, 7) is 5.86. The zero-order valence-corrected chi connectivity index (χ0v) is 11.5. The lowest BCUT2D eigenvalue weighted by Crippen LogP contribution is -2.11. The third-order valence-electron chi connectivity index (χ3n) is 2.98. The quantitative estimate of drug-likeness (QED) is 0.792. The van der Waals surface area contributed by atoms with E-state index in [1.54, 1.807) is 0 Å². The van der Waals surface area contributed by atoms with Crippen LogP contribution < -0.4 is 4.74 Å². The number of hydrogen-bond acceptors (Lipinski definition) is 4. The minimum absolute atomic E-state index is 0.153. The molecule has 4 nitrogen and oxygen atoms in total. The van der Waals surface area contributed by atoms with Gasteiger partial charge < -0.3 is 4.74 Å². The van der Waals surface area contributed by atoms with Gasteiger partial charge in [0.05, 0.1) is 7.11 Å². The van der Waals surface area contributed by atoms with Crippen LogP contribution in [0.25, 0.3) is 0 Å². The number of nitrogens with zero attached hydrogens (tertiary/aromatic N) is 2. The van der Waals surface area contributed by atoms with Crippen molar-refractivity contribution in [2.75, 3.05) is 7.11 Å². The van der Waals surface area contributed by atoms with Gasteiger partial charge in [0.2, 0.25) is 11.7 Å². The predicted octanol–water partition coefficient (Wildman–Crippen LogP) is 2.64. The van der Waals surface area contributed by atoms with Crippen molar-refractivity contribution in [3.05, 3.63) is 52.5 Å². The van der Waals surface area contributed by atoms with Crippen LogP contribution >= 0.6 is 0 Å². The Morgan fingerprint density at radius 2 is 1.63 bits per heavy atom. The highest BCUT2D eigenvalue weighted by Gasteiger charge is 2.20. The van der Waals surface area contributed by atoms with Crippen LogP contribution in [0.3, 0.4) is 0 Å². The summed E-state index contributed by atoms with van der Waals surface area (Å²) < 4.78 is 5.10. The molecule has 0 aliphatic heterocycles. The number of hydrogen-bond donors (Lipinski definition) is 0. The molecule has 0 aliphatic rings. The Labute approximate surface area is 112 Å². The number of ketones is 1. The minimum Gasteiger partial charge on any atom is -0.479 e. The fourth-order valence-electron chi connectivity index (χ4n) is 2.29. The van der Waals surface area contributed by atoms with E-state index in [4.69, 9.17) is 4.74 Å². The van der Waals surface area contributed by atoms with Gasteiger partial charge in [-0.2, -0.15) is 0 Å². The Bertz CT molecular complexity index is 613. The first-order valence-corrected chi connectivity index (χ1v) is 6.02. The summed E-state index contributed by atoms with van der Waals surface area (Å²) in [4.78, 5) is 20.7. The lowest BCUT2D eigenvalue weighted by molar-refractivity contribution is 0.102. The number of ether oxygens (including phenoxy) is 1. The molecule has 0 atom stereocenters. The molecule has 1 aromatic carbocycles. The highest BCUT2D eigenvalue weighted by molar-refractivity contribution is 6.10. The molecule has 0 bridgehead atoms. The van der Waals surface area contributed by atoms with Crippen LogP contribution in [0.15, 0.2) is 24.5 Å². The Morgan fingerprint density at radius 3 is 2.21 bits per heavy atom. The molecule has 98 valence electrons. The molecule has 0 saturated heterocycles. The molecule has 1 heterocycles. The van der Waals surface area contributed by atoms with Gasteiger partial charge >= 0.3 is 0 Å². The molecule has 0 aliphatic carbocycles. The predicted molar refractivity (Wildman–Crippen MR) is 72.7 cm³/mol. The maximum absolute atomic E-state index is 12.6. The summed E-state index contributed by atoms with van der Waals surface area (Å²) in [5, 5.41) is 0. The van der Waals surface area contributed by atoms with Crippen molar-refractivity contribution in [3.8, 4) is 5.88 Å². The number of aromatic nitrogens is 2. The van der Waals surface area contributed by atoms with Crippen LogP contribution in [0.4, 0.5) is 0 Å². The number of aryl methyl sites for hydroxylation is 3. The Balaban J connectivity index is 2.57. The van der Waals surface area contributed by atoms with E-state index < -0.39 is 0 Å². The first-order valence-electron chi connectivity index (χ1n) is 6.02. The van der Waals surface area contributed by atoms with E-state index in [0.717, 1.165) is 16.7 Å². The van der Waals surface area contributed by atoms with E-state index in [1.165, 1.54) is 19.5 Å². The molecule has 0 radical (unpaired) electrons. The molecule has 19 heavy (non-hydrogen) atoms. The highest BCUT2D eigenvalue weighted by Crippen LogP contribution is 2.22. The SMILES string of the molecule is COc1nccnc1C(=O)c1c(C)cc(C)cc1C. The first-order chi connectivity index (χ1) is 9.04. The lowest BCUT2D eigenvalue weighted by atomic mass is 9.95. The summed E-state index contributed by atoms with van der Waals surface area (Å²) in [6.07, 6.45) is 3.00. The zero-order valence-electron chi connectivity index (χ0n) is 11.5. The average Bonchev–Trinajstić information content (AvgIpc) is 2.37. The topological polar surface area (TPSA) is 52.1 Å². The summed E-state index contributed by atoms with van der Waals surface area (Å²) in [6, 6.07) is 3.98. The van der Waals surface area contributed by atoms with Gasteiger partial charge in [-0.15, -0.1) is 0 Å². The molecule has 2 aromatic rings. The van der Waals surface area contributed by atoms with Gasteiger partial charge in [-0.1, -0.05) is 17.7 Å². The zero-order chi connectivity index (χ0) is 14.0. The molecule has 0 spiro atoms. The summed E-state index contributed by atoms with van der Waals surface area (Å²) in [5.41, 5.74) is 3.94. The van der Waals surface area contributed by atoms with Crippen molar-refractivity contribution in [1.82, 2.24) is 9.97 Å². The maximum Gasteiger partial charge on any atom is 0.243 e. The minimum atomic E-state index is -0.153. The monoisotopic (exact) mass is 256 g/mol. The van der Waals surface area contributed by atoms with Crippen LogP contribution in [0.1, 0.15) is 32.7 Å². The molecular weight excluding hydrogens is 240 g/mol. The van der Waals surface area contributed by atoms with Gasteiger partial charge in [-0.25, -0.2) is 9.97 Å². The molecule has 4 heteroatoms. The molecule has 0 saturated carbocycles. The van der Waals surface area contributed by atoms with E-state index in [1.807, 2.05) is 32.9 Å². The maximum atomic E-state index is 12.6. The number of carbonyl (C=O) groups is 1. The van der Waals surface area contributed by atoms with Crippen LogP contribution in [-0.4, -0.2) is 22.9 Å². The molecule has 0 N–H and O–H groups in total. The lowest BCUT2D eigenvalue weighted by Gasteiger charge is -2.11. The van der Waals surface area contributed by atoms with Gasteiger partial charge in [0, 0.05) is 18.0 Å². The van der Waals surface area contributed by atoms with Gasteiger partial charge in [-0.05, 0) is 31.9 Å². The fraction of sp³-hybridized carbons (Fsp3) is 0.267. The van der Waals surface area contributed by atoms with Crippen molar-refractivity contribution < 1.29 is 9.53 Å². The Kier molecular flexibility index (Phi) is 3.60. The van der Waals surface area contributed by atoms with Crippen molar-refractivity contribution in [3.63, 3.8) is 0 Å². The van der Waals surface area contributed by atoms with Crippen molar-refractivity contribution in [2.45, 2.75) is 20.8 Å². The second-order valence-corrected chi connectivity index (χ2v) is 4.52. The van der Waals surface area contributed by atoms with Gasteiger partial charge in [0.25, 0.3) is 0 Å². The van der Waals surface area contributed by atoms with Crippen LogP contribution in [0.2, 0.25) is 0 Å². The van der Waals surface area contributed by atoms with E-state index in [0.29, 0.717) is 5.56 Å². The van der Waals surface area contributed by atoms with E-state index in [9.17, 15) is 4.79 Å². The first kappa shape index (κ1) is 13.2. The van der Waals surface area contributed by atoms with Crippen molar-refractivity contribution in [2.24, 2.45) is 0 Å². The van der Waals surface area contributed by atoms with Crippen LogP contribution in [-0.2, 0) is 0 Å². The van der Waals surface area contributed by atoms with Crippen LogP contribution in [0, 0.1) is 20.8 Å². The fourth-order valence-corrected chi connectivity index (χ4v) is 2.29. The standard InChI is InChI=1S/C15H16N2O2/c1-9-7-10(2)12(11(3)8-9)14(18)13-15(19-4)17-6-5-16-13/h5-8H,1-4H3. The van der Waals surface area contributed by atoms with E-state index >= 15 is 0 Å². The molecule has 0 fully saturated rings. The Hall–Kier alpha value is -2.23. The summed E-state index contributed by atoms with van der Waals surface area (Å²) in [7, 11) is 1.48. The molecule has 0 amide bonds. The van der Waals surface area contributed by atoms with Gasteiger partial charge in [-0.3, -0.25) is 4.79 Å². The largest absolute Gasteiger partial charge is 0.479 e. The third-order valence-corrected chi connectivity index (χ3v) is 2.98. The highest BCUT2D eigenvalue weighted by atomic mass is 16.5. The normalized spacial score (nSPS) is 10.3. The smallest absolute Gasteiger partial charge is 0.243 e. The Morgan fingerprint density at radius 1 is 1.05 bits per heavy atom. The second kappa shape index (κ2) is 5.18. The summed E-state index contributed by atoms with van der Waals surface area (Å²) >= 11 is 0. The number of benzene rings is 1. The second-order valence-electron chi connectivity index (χ2n) is 4.52. The third kappa shape index (κ3) is 2.47. The number of methoxy groups -OCH3 is 1. The van der Waals surface area contributed by atoms with E-state index in [2.05, 4.69) is 9.97 Å². The average molecular weight is 256 g/mol. The summed E-state index contributed by atoms with van der Waals surface area (Å²) in [5.74, 6) is 0.104. The van der Waals surface area contributed by atoms with Crippen LogP contribution in [0.5, 0.6) is 5.88 Å².